The molecule has 0 radical (unpaired) electrons. The van der Waals surface area contributed by atoms with Gasteiger partial charge in [-0.15, -0.1) is 0 Å². The normalized spacial score (nSPS) is 11.5. The Morgan fingerprint density at radius 3 is 2.55 bits per heavy atom. The molecule has 22 heavy (non-hydrogen) atoms. The average molecular weight is 328 g/mol. The highest BCUT2D eigenvalue weighted by Crippen LogP contribution is 2.32. The van der Waals surface area contributed by atoms with E-state index in [0.29, 0.717) is 5.75 Å². The van der Waals surface area contributed by atoms with Crippen molar-refractivity contribution in [2.45, 2.75) is 18.3 Å². The zero-order chi connectivity index (χ0) is 16.3. The number of halogens is 3. The molecular weight excluding hydrogens is 317 g/mol. The number of carboxylic acid groups (broad SMARTS) is 1. The molecule has 1 aromatic heterocycles. The molecule has 1 aromatic carbocycles. The van der Waals surface area contributed by atoms with Crippen molar-refractivity contribution in [3.63, 3.8) is 0 Å². The fourth-order valence-corrected chi connectivity index (χ4v) is 2.38. The Morgan fingerprint density at radius 2 is 1.95 bits per heavy atom. The van der Waals surface area contributed by atoms with Gasteiger partial charge in [0.15, 0.2) is 5.16 Å². The minimum absolute atomic E-state index is 0.0347. The van der Waals surface area contributed by atoms with Crippen LogP contribution in [0.3, 0.4) is 0 Å². The molecule has 0 fully saturated rings. The van der Waals surface area contributed by atoms with E-state index in [1.54, 1.807) is 13.0 Å². The molecule has 0 spiro atoms. The molecule has 0 aliphatic carbocycles. The number of thioether (sulfide) groups is 1. The molecule has 116 valence electrons. The average Bonchev–Trinajstić information content (AvgIpc) is 2.46. The van der Waals surface area contributed by atoms with Crippen molar-refractivity contribution in [3.8, 4) is 11.3 Å². The maximum Gasteiger partial charge on any atom is 0.433 e. The van der Waals surface area contributed by atoms with Crippen molar-refractivity contribution >= 4 is 17.7 Å². The lowest BCUT2D eigenvalue weighted by Crippen LogP contribution is -2.11. The molecule has 0 saturated carbocycles. The first-order chi connectivity index (χ1) is 10.3. The maximum atomic E-state index is 12.9. The second-order valence-corrected chi connectivity index (χ2v) is 5.43. The van der Waals surface area contributed by atoms with E-state index in [4.69, 9.17) is 5.11 Å². The molecule has 1 N–H and O–H groups in total. The van der Waals surface area contributed by atoms with E-state index in [0.717, 1.165) is 17.8 Å². The van der Waals surface area contributed by atoms with Crippen molar-refractivity contribution in [2.75, 3.05) is 5.75 Å². The van der Waals surface area contributed by atoms with Crippen LogP contribution in [0.1, 0.15) is 23.0 Å². The third-order valence-electron chi connectivity index (χ3n) is 2.70. The summed E-state index contributed by atoms with van der Waals surface area (Å²) in [7, 11) is 0. The van der Waals surface area contributed by atoms with Crippen molar-refractivity contribution < 1.29 is 23.1 Å². The zero-order valence-corrected chi connectivity index (χ0v) is 12.2. The van der Waals surface area contributed by atoms with Crippen LogP contribution in [0.5, 0.6) is 0 Å². The first kappa shape index (κ1) is 16.3. The number of nitrogens with zero attached hydrogens (tertiary/aromatic N) is 2. The van der Waals surface area contributed by atoms with Gasteiger partial charge < -0.3 is 5.11 Å². The van der Waals surface area contributed by atoms with E-state index in [9.17, 15) is 18.0 Å². The van der Waals surface area contributed by atoms with E-state index in [1.807, 2.05) is 0 Å². The quantitative estimate of drug-likeness (QED) is 0.679. The molecule has 0 aliphatic rings. The molecule has 2 aromatic rings. The van der Waals surface area contributed by atoms with E-state index < -0.39 is 17.8 Å². The molecule has 0 aliphatic heterocycles. The summed E-state index contributed by atoms with van der Waals surface area (Å²) in [5.74, 6) is -0.728. The van der Waals surface area contributed by atoms with Crippen LogP contribution >= 0.6 is 11.8 Å². The molecule has 8 heteroatoms. The van der Waals surface area contributed by atoms with Crippen LogP contribution in [0.4, 0.5) is 13.2 Å². The van der Waals surface area contributed by atoms with Gasteiger partial charge in [-0.25, -0.2) is 14.8 Å². The number of carbonyl (C=O) groups is 1. The monoisotopic (exact) mass is 328 g/mol. The summed E-state index contributed by atoms with van der Waals surface area (Å²) < 4.78 is 38.8. The van der Waals surface area contributed by atoms with Gasteiger partial charge in [0.1, 0.15) is 5.69 Å². The molecule has 1 heterocycles. The predicted molar refractivity (Wildman–Crippen MR) is 75.8 cm³/mol. The molecular formula is C14H11F3N2O2S. The van der Waals surface area contributed by atoms with Gasteiger partial charge in [-0.05, 0) is 17.9 Å². The number of benzene rings is 1. The van der Waals surface area contributed by atoms with E-state index >= 15 is 0 Å². The van der Waals surface area contributed by atoms with Gasteiger partial charge in [0, 0.05) is 5.56 Å². The van der Waals surface area contributed by atoms with Gasteiger partial charge in [-0.3, -0.25) is 0 Å². The van der Waals surface area contributed by atoms with Crippen LogP contribution in [0.25, 0.3) is 11.3 Å². The Hall–Kier alpha value is -2.09. The van der Waals surface area contributed by atoms with Crippen LogP contribution in [-0.4, -0.2) is 26.8 Å². The van der Waals surface area contributed by atoms with Gasteiger partial charge >= 0.3 is 12.1 Å². The zero-order valence-electron chi connectivity index (χ0n) is 11.4. The molecule has 0 amide bonds. The van der Waals surface area contributed by atoms with Crippen molar-refractivity contribution in [3.05, 3.63) is 41.6 Å². The number of carboxylic acids is 1. The summed E-state index contributed by atoms with van der Waals surface area (Å²) in [5, 5.41) is 9.12. The molecule has 2 rings (SSSR count). The smallest absolute Gasteiger partial charge is 0.433 e. The highest BCUT2D eigenvalue weighted by Gasteiger charge is 2.34. The van der Waals surface area contributed by atoms with Crippen molar-refractivity contribution in [1.82, 2.24) is 9.97 Å². The predicted octanol–water partition coefficient (Wildman–Crippen LogP) is 3.97. The Kier molecular flexibility index (Phi) is 4.70. The van der Waals surface area contributed by atoms with E-state index in [2.05, 4.69) is 9.97 Å². The minimum atomic E-state index is -4.63. The lowest BCUT2D eigenvalue weighted by atomic mass is 10.0. The van der Waals surface area contributed by atoms with Gasteiger partial charge in [-0.1, -0.05) is 36.9 Å². The minimum Gasteiger partial charge on any atom is -0.478 e. The molecule has 0 saturated heterocycles. The van der Waals surface area contributed by atoms with Crippen LogP contribution in [0.15, 0.2) is 35.5 Å². The molecule has 0 atom stereocenters. The third-order valence-corrected chi connectivity index (χ3v) is 3.43. The number of hydrogen-bond donors (Lipinski definition) is 1. The fourth-order valence-electron chi connectivity index (χ4n) is 1.79. The second-order valence-electron chi connectivity index (χ2n) is 4.20. The number of hydrogen-bond acceptors (Lipinski definition) is 4. The highest BCUT2D eigenvalue weighted by atomic mass is 32.2. The van der Waals surface area contributed by atoms with Crippen LogP contribution < -0.4 is 0 Å². The Bertz CT molecular complexity index is 705. The van der Waals surface area contributed by atoms with Gasteiger partial charge in [0.2, 0.25) is 0 Å². The SMILES string of the molecule is CCSc1nc(-c2ccccc2C(=O)O)cc(C(F)(F)F)n1. The summed E-state index contributed by atoms with van der Waals surface area (Å²) in [5.41, 5.74) is -1.13. The molecule has 0 bridgehead atoms. The summed E-state index contributed by atoms with van der Waals surface area (Å²) >= 11 is 1.06. The first-order valence-electron chi connectivity index (χ1n) is 6.24. The third kappa shape index (κ3) is 3.56. The van der Waals surface area contributed by atoms with Gasteiger partial charge in [0.25, 0.3) is 0 Å². The van der Waals surface area contributed by atoms with Crippen LogP contribution in [0.2, 0.25) is 0 Å². The number of aromatic nitrogens is 2. The van der Waals surface area contributed by atoms with Gasteiger partial charge in [0.05, 0.1) is 11.3 Å². The first-order valence-corrected chi connectivity index (χ1v) is 7.23. The van der Waals surface area contributed by atoms with Gasteiger partial charge in [-0.2, -0.15) is 13.2 Å². The van der Waals surface area contributed by atoms with Crippen LogP contribution in [0, 0.1) is 0 Å². The summed E-state index contributed by atoms with van der Waals surface area (Å²) in [4.78, 5) is 18.7. The van der Waals surface area contributed by atoms with Crippen molar-refractivity contribution in [1.29, 1.82) is 0 Å². The number of aromatic carboxylic acids is 1. The summed E-state index contributed by atoms with van der Waals surface area (Å²) in [6.45, 7) is 1.76. The summed E-state index contributed by atoms with van der Waals surface area (Å²) in [6.07, 6.45) is -4.63. The standard InChI is InChI=1S/C14H11F3N2O2S/c1-2-22-13-18-10(7-11(19-13)14(15,16)17)8-5-3-4-6-9(8)12(20)21/h3-7H,2H2,1H3,(H,20,21). The Balaban J connectivity index is 2.65. The lowest BCUT2D eigenvalue weighted by Gasteiger charge is -2.11. The van der Waals surface area contributed by atoms with Crippen LogP contribution in [-0.2, 0) is 6.18 Å². The Labute approximate surface area is 128 Å². The van der Waals surface area contributed by atoms with Crippen molar-refractivity contribution in [2.24, 2.45) is 0 Å². The second kappa shape index (κ2) is 6.35. The lowest BCUT2D eigenvalue weighted by molar-refractivity contribution is -0.141. The Morgan fingerprint density at radius 1 is 1.27 bits per heavy atom. The molecule has 0 unspecified atom stereocenters. The highest BCUT2D eigenvalue weighted by molar-refractivity contribution is 7.99. The van der Waals surface area contributed by atoms with E-state index in [-0.39, 0.29) is 22.0 Å². The summed E-state index contributed by atoms with van der Waals surface area (Å²) in [6, 6.07) is 6.55. The largest absolute Gasteiger partial charge is 0.478 e. The topological polar surface area (TPSA) is 63.1 Å². The number of rotatable bonds is 4. The fraction of sp³-hybridized carbons (Fsp3) is 0.214. The number of alkyl halides is 3. The van der Waals surface area contributed by atoms with E-state index in [1.165, 1.54) is 18.2 Å². The molecule has 4 nitrogen and oxygen atoms in total. The maximum absolute atomic E-state index is 12.9.